The van der Waals surface area contributed by atoms with Crippen LogP contribution in [0.4, 0.5) is 0 Å². The van der Waals surface area contributed by atoms with Gasteiger partial charge in [-0.05, 0) is 62.4 Å². The Hall–Kier alpha value is -2.33. The molecule has 0 bridgehead atoms. The molecule has 0 unspecified atom stereocenters. The van der Waals surface area contributed by atoms with Crippen LogP contribution in [0.1, 0.15) is 61.6 Å². The van der Waals surface area contributed by atoms with E-state index in [-0.39, 0.29) is 5.91 Å². The summed E-state index contributed by atoms with van der Waals surface area (Å²) in [5.74, 6) is 0.985. The van der Waals surface area contributed by atoms with Crippen LogP contribution in [0.3, 0.4) is 0 Å². The number of rotatable bonds is 10. The van der Waals surface area contributed by atoms with Crippen LogP contribution in [-0.4, -0.2) is 37.0 Å². The van der Waals surface area contributed by atoms with E-state index in [9.17, 15) is 4.79 Å². The number of carbonyl (C=O) groups excluding carboxylic acids is 1. The van der Waals surface area contributed by atoms with Gasteiger partial charge < -0.3 is 14.6 Å². The number of amides is 1. The van der Waals surface area contributed by atoms with E-state index in [0.29, 0.717) is 18.2 Å². The highest BCUT2D eigenvalue weighted by atomic mass is 16.3. The van der Waals surface area contributed by atoms with E-state index in [2.05, 4.69) is 42.6 Å². The summed E-state index contributed by atoms with van der Waals surface area (Å²) in [6.45, 7) is 5.76. The number of benzene rings is 1. The predicted octanol–water partition coefficient (Wildman–Crippen LogP) is 5.39. The van der Waals surface area contributed by atoms with Crippen LogP contribution in [0.5, 0.6) is 0 Å². The molecular weight excluding hydrogens is 360 g/mol. The van der Waals surface area contributed by atoms with Crippen molar-refractivity contribution in [3.8, 4) is 0 Å². The zero-order valence-electron chi connectivity index (χ0n) is 17.6. The first kappa shape index (κ1) is 21.4. The Bertz CT molecular complexity index is 746. The molecule has 0 saturated carbocycles. The zero-order valence-corrected chi connectivity index (χ0v) is 17.6. The fourth-order valence-corrected chi connectivity index (χ4v) is 3.98. The van der Waals surface area contributed by atoms with Gasteiger partial charge in [-0.1, -0.05) is 61.7 Å². The maximum absolute atomic E-state index is 13.2. The highest BCUT2D eigenvalue weighted by Crippen LogP contribution is 2.20. The molecule has 1 fully saturated rings. The molecular formula is C25H34N2O2. The second-order valence-corrected chi connectivity index (χ2v) is 8.03. The van der Waals surface area contributed by atoms with E-state index in [1.807, 2.05) is 11.0 Å². The highest BCUT2D eigenvalue weighted by Gasteiger charge is 2.24. The van der Waals surface area contributed by atoms with Crippen molar-refractivity contribution in [2.45, 2.75) is 45.4 Å². The maximum atomic E-state index is 13.2. The topological polar surface area (TPSA) is 45.5 Å². The van der Waals surface area contributed by atoms with Gasteiger partial charge in [0.25, 0.3) is 5.91 Å². The maximum Gasteiger partial charge on any atom is 0.289 e. The smallest absolute Gasteiger partial charge is 0.289 e. The van der Waals surface area contributed by atoms with E-state index in [1.165, 1.54) is 24.0 Å². The van der Waals surface area contributed by atoms with Crippen molar-refractivity contribution in [2.75, 3.05) is 26.2 Å². The number of piperidine rings is 1. The predicted molar refractivity (Wildman–Crippen MR) is 119 cm³/mol. The largest absolute Gasteiger partial charge is 0.459 e. The van der Waals surface area contributed by atoms with Gasteiger partial charge in [0.15, 0.2) is 5.76 Å². The lowest BCUT2D eigenvalue weighted by Crippen LogP contribution is -2.40. The molecule has 0 spiro atoms. The van der Waals surface area contributed by atoms with Crippen molar-refractivity contribution in [1.29, 1.82) is 0 Å². The minimum Gasteiger partial charge on any atom is -0.459 e. The van der Waals surface area contributed by atoms with Crippen molar-refractivity contribution in [2.24, 2.45) is 5.92 Å². The van der Waals surface area contributed by atoms with Crippen molar-refractivity contribution < 1.29 is 9.21 Å². The third-order valence-electron chi connectivity index (χ3n) is 5.62. The third-order valence-corrected chi connectivity index (χ3v) is 5.62. The van der Waals surface area contributed by atoms with Gasteiger partial charge in [0, 0.05) is 13.1 Å². The van der Waals surface area contributed by atoms with Gasteiger partial charge in [-0.25, -0.2) is 0 Å². The van der Waals surface area contributed by atoms with Gasteiger partial charge in [-0.3, -0.25) is 4.79 Å². The number of hydrogen-bond acceptors (Lipinski definition) is 3. The number of nitrogens with one attached hydrogen (secondary N) is 1. The summed E-state index contributed by atoms with van der Waals surface area (Å²) in [4.78, 5) is 15.2. The number of nitrogens with zero attached hydrogens (tertiary/aromatic N) is 1. The van der Waals surface area contributed by atoms with Crippen molar-refractivity contribution in [1.82, 2.24) is 10.2 Å². The molecule has 4 heteroatoms. The quantitative estimate of drug-likeness (QED) is 0.550. The number of furan rings is 1. The van der Waals surface area contributed by atoms with Crippen molar-refractivity contribution >= 4 is 12.0 Å². The SMILES string of the molecule is CCCCCC(=Cc1ccccc1)CN(CC1CCNCC1)C(=O)c1ccco1. The average Bonchev–Trinajstić information content (AvgIpc) is 3.29. The monoisotopic (exact) mass is 394 g/mol. The standard InChI is InChI=1S/C25H34N2O2/c1-2-3-5-11-23(18-21-9-6-4-7-10-21)20-27(19-22-13-15-26-16-14-22)25(28)24-12-8-17-29-24/h4,6-10,12,17-18,22,26H,2-3,5,11,13-16,19-20H2,1H3. The van der Waals surface area contributed by atoms with Crippen LogP contribution >= 0.6 is 0 Å². The summed E-state index contributed by atoms with van der Waals surface area (Å²) < 4.78 is 5.44. The Morgan fingerprint density at radius 3 is 2.62 bits per heavy atom. The van der Waals surface area contributed by atoms with Crippen molar-refractivity contribution in [3.05, 3.63) is 65.6 Å². The summed E-state index contributed by atoms with van der Waals surface area (Å²) in [5, 5.41) is 3.42. The molecule has 2 heterocycles. The molecule has 1 saturated heterocycles. The van der Waals surface area contributed by atoms with E-state index in [1.54, 1.807) is 18.4 Å². The lowest BCUT2D eigenvalue weighted by molar-refractivity contribution is 0.0700. The molecule has 29 heavy (non-hydrogen) atoms. The molecule has 1 aliphatic heterocycles. The Morgan fingerprint density at radius 2 is 1.93 bits per heavy atom. The van der Waals surface area contributed by atoms with Crippen LogP contribution in [0.25, 0.3) is 6.08 Å². The molecule has 1 aliphatic rings. The third kappa shape index (κ3) is 6.90. The van der Waals surface area contributed by atoms with Gasteiger partial charge in [-0.15, -0.1) is 0 Å². The van der Waals surface area contributed by atoms with Crippen LogP contribution in [0.2, 0.25) is 0 Å². The van der Waals surface area contributed by atoms with E-state index in [4.69, 9.17) is 4.42 Å². The number of unbranched alkanes of at least 4 members (excludes halogenated alkanes) is 2. The first-order valence-corrected chi connectivity index (χ1v) is 11.0. The molecule has 1 N–H and O–H groups in total. The summed E-state index contributed by atoms with van der Waals surface area (Å²) in [6, 6.07) is 14.0. The normalized spacial score (nSPS) is 15.4. The first-order chi connectivity index (χ1) is 14.3. The first-order valence-electron chi connectivity index (χ1n) is 11.0. The van der Waals surface area contributed by atoms with Gasteiger partial charge in [0.05, 0.1) is 6.26 Å². The number of hydrogen-bond donors (Lipinski definition) is 1. The van der Waals surface area contributed by atoms with Crippen molar-refractivity contribution in [3.63, 3.8) is 0 Å². The van der Waals surface area contributed by atoms with Gasteiger partial charge in [0.1, 0.15) is 0 Å². The molecule has 0 radical (unpaired) electrons. The lowest BCUT2D eigenvalue weighted by atomic mass is 9.96. The van der Waals surface area contributed by atoms with E-state index >= 15 is 0 Å². The average molecular weight is 395 g/mol. The Labute approximate surface area is 175 Å². The molecule has 2 aromatic rings. The van der Waals surface area contributed by atoms with Gasteiger partial charge >= 0.3 is 0 Å². The molecule has 4 nitrogen and oxygen atoms in total. The molecule has 0 atom stereocenters. The lowest BCUT2D eigenvalue weighted by Gasteiger charge is -2.30. The second-order valence-electron chi connectivity index (χ2n) is 8.03. The van der Waals surface area contributed by atoms with E-state index < -0.39 is 0 Å². The second kappa shape index (κ2) is 11.6. The van der Waals surface area contributed by atoms with Gasteiger partial charge in [0.2, 0.25) is 0 Å². The molecule has 1 aromatic carbocycles. The Kier molecular flexibility index (Phi) is 8.57. The number of carbonyl (C=O) groups is 1. The minimum atomic E-state index is 0.00276. The Balaban J connectivity index is 1.78. The minimum absolute atomic E-state index is 0.00276. The van der Waals surface area contributed by atoms with Crippen LogP contribution in [0.15, 0.2) is 58.7 Å². The molecule has 1 aromatic heterocycles. The fraction of sp³-hybridized carbons (Fsp3) is 0.480. The van der Waals surface area contributed by atoms with E-state index in [0.717, 1.165) is 45.3 Å². The highest BCUT2D eigenvalue weighted by molar-refractivity contribution is 5.91. The van der Waals surface area contributed by atoms with Crippen LogP contribution < -0.4 is 5.32 Å². The molecule has 1 amide bonds. The summed E-state index contributed by atoms with van der Waals surface area (Å²) >= 11 is 0. The van der Waals surface area contributed by atoms with Gasteiger partial charge in [-0.2, -0.15) is 0 Å². The Morgan fingerprint density at radius 1 is 1.14 bits per heavy atom. The molecule has 3 rings (SSSR count). The molecule has 0 aliphatic carbocycles. The summed E-state index contributed by atoms with van der Waals surface area (Å²) in [6.07, 6.45) is 10.7. The van der Waals surface area contributed by atoms with Crippen LogP contribution in [-0.2, 0) is 0 Å². The summed E-state index contributed by atoms with van der Waals surface area (Å²) in [7, 11) is 0. The fourth-order valence-electron chi connectivity index (χ4n) is 3.98. The zero-order chi connectivity index (χ0) is 20.3. The van der Waals surface area contributed by atoms with Crippen LogP contribution in [0, 0.1) is 5.92 Å². The molecule has 156 valence electrons. The summed E-state index contributed by atoms with van der Waals surface area (Å²) in [5.41, 5.74) is 2.52.